The number of nitrogens with zero attached hydrogens (tertiary/aromatic N) is 1. The lowest BCUT2D eigenvalue weighted by molar-refractivity contribution is -0.122. The third-order valence-electron chi connectivity index (χ3n) is 6.07. The number of hydrogen-bond acceptors (Lipinski definition) is 7. The maximum atomic E-state index is 13.3. The maximum Gasteiger partial charge on any atom is 0.335 e. The fourth-order valence-electron chi connectivity index (χ4n) is 4.16. The summed E-state index contributed by atoms with van der Waals surface area (Å²) >= 11 is 2.02. The number of urea groups is 1. The number of methoxy groups -OCH3 is 1. The average molecular weight is 669 g/mol. The first-order chi connectivity index (χ1) is 19.6. The lowest BCUT2D eigenvalue weighted by Gasteiger charge is -2.26. The number of barbiturate groups is 1. The minimum Gasteiger partial charge on any atom is -0.494 e. The van der Waals surface area contributed by atoms with E-state index in [1.165, 1.54) is 13.2 Å². The Morgan fingerprint density at radius 1 is 1.02 bits per heavy atom. The van der Waals surface area contributed by atoms with Crippen LogP contribution in [0.4, 0.5) is 16.2 Å². The molecule has 1 heterocycles. The summed E-state index contributed by atoms with van der Waals surface area (Å²) in [6.07, 6.45) is 1.37. The van der Waals surface area contributed by atoms with Crippen molar-refractivity contribution in [3.8, 4) is 17.2 Å². The summed E-state index contributed by atoms with van der Waals surface area (Å²) < 4.78 is 17.3. The molecule has 212 valence electrons. The van der Waals surface area contributed by atoms with Crippen molar-refractivity contribution >= 4 is 63.8 Å². The predicted octanol–water partition coefficient (Wildman–Crippen LogP) is 5.00. The molecule has 0 unspecified atom stereocenters. The van der Waals surface area contributed by atoms with Crippen LogP contribution in [0.1, 0.15) is 23.6 Å². The Labute approximate surface area is 250 Å². The molecule has 1 saturated heterocycles. The van der Waals surface area contributed by atoms with Crippen LogP contribution in [0.3, 0.4) is 0 Å². The minimum absolute atomic E-state index is 0.238. The Balaban J connectivity index is 1.54. The number of hydrogen-bond donors (Lipinski definition) is 2. The van der Waals surface area contributed by atoms with E-state index in [4.69, 9.17) is 14.2 Å². The summed E-state index contributed by atoms with van der Waals surface area (Å²) in [6, 6.07) is 14.5. The van der Waals surface area contributed by atoms with Gasteiger partial charge in [-0.2, -0.15) is 0 Å². The van der Waals surface area contributed by atoms with Gasteiger partial charge in [-0.3, -0.25) is 19.7 Å². The smallest absolute Gasteiger partial charge is 0.335 e. The molecule has 0 aliphatic carbocycles. The highest BCUT2D eigenvalue weighted by atomic mass is 127. The molecule has 0 bridgehead atoms. The Bertz CT molecular complexity index is 1550. The number of ether oxygens (including phenoxy) is 3. The number of carbonyl (C=O) groups excluding carboxylic acids is 4. The molecule has 1 aliphatic heterocycles. The van der Waals surface area contributed by atoms with E-state index in [2.05, 4.69) is 10.6 Å². The first-order valence-corrected chi connectivity index (χ1v) is 13.7. The first kappa shape index (κ1) is 29.6. The fraction of sp³-hybridized carbons (Fsp3) is 0.200. The summed E-state index contributed by atoms with van der Waals surface area (Å²) in [5, 5.41) is 5.04. The number of carbonyl (C=O) groups is 4. The molecule has 1 aliphatic rings. The van der Waals surface area contributed by atoms with E-state index in [0.29, 0.717) is 38.7 Å². The van der Waals surface area contributed by atoms with Crippen LogP contribution < -0.4 is 29.7 Å². The van der Waals surface area contributed by atoms with E-state index >= 15 is 0 Å². The highest BCUT2D eigenvalue weighted by Gasteiger charge is 2.37. The van der Waals surface area contributed by atoms with Gasteiger partial charge < -0.3 is 19.5 Å². The van der Waals surface area contributed by atoms with E-state index in [1.807, 2.05) is 61.6 Å². The van der Waals surface area contributed by atoms with E-state index in [0.717, 1.165) is 16.0 Å². The Kier molecular flexibility index (Phi) is 9.28. The van der Waals surface area contributed by atoms with Crippen LogP contribution in [0.15, 0.2) is 60.2 Å². The molecule has 4 rings (SSSR count). The Morgan fingerprint density at radius 3 is 2.41 bits per heavy atom. The van der Waals surface area contributed by atoms with Crippen LogP contribution in [0.2, 0.25) is 0 Å². The van der Waals surface area contributed by atoms with Gasteiger partial charge in [0.2, 0.25) is 0 Å². The van der Waals surface area contributed by atoms with Gasteiger partial charge in [0.25, 0.3) is 17.7 Å². The zero-order chi connectivity index (χ0) is 29.7. The number of imide groups is 2. The van der Waals surface area contributed by atoms with Gasteiger partial charge in [0.1, 0.15) is 11.3 Å². The van der Waals surface area contributed by atoms with Crippen molar-refractivity contribution in [2.24, 2.45) is 0 Å². The van der Waals surface area contributed by atoms with Crippen molar-refractivity contribution in [2.75, 3.05) is 30.5 Å². The van der Waals surface area contributed by atoms with Gasteiger partial charge in [0.15, 0.2) is 18.1 Å². The summed E-state index contributed by atoms with van der Waals surface area (Å²) in [4.78, 5) is 51.9. The lowest BCUT2D eigenvalue weighted by Crippen LogP contribution is -2.54. The van der Waals surface area contributed by atoms with Crippen LogP contribution in [0.5, 0.6) is 17.2 Å². The van der Waals surface area contributed by atoms with Gasteiger partial charge >= 0.3 is 6.03 Å². The maximum absolute atomic E-state index is 13.3. The van der Waals surface area contributed by atoms with Crippen molar-refractivity contribution in [1.82, 2.24) is 5.32 Å². The number of halogens is 1. The largest absolute Gasteiger partial charge is 0.494 e. The van der Waals surface area contributed by atoms with Gasteiger partial charge in [-0.15, -0.1) is 0 Å². The molecule has 41 heavy (non-hydrogen) atoms. The molecule has 2 N–H and O–H groups in total. The van der Waals surface area contributed by atoms with Crippen LogP contribution in [-0.2, 0) is 14.4 Å². The molecule has 1 fully saturated rings. The highest BCUT2D eigenvalue weighted by Crippen LogP contribution is 2.35. The molecule has 0 aromatic heterocycles. The molecule has 10 nitrogen and oxygen atoms in total. The average Bonchev–Trinajstić information content (AvgIpc) is 2.92. The second-order valence-electron chi connectivity index (χ2n) is 9.07. The van der Waals surface area contributed by atoms with Crippen LogP contribution in [0, 0.1) is 17.4 Å². The molecule has 0 radical (unpaired) electrons. The minimum atomic E-state index is -0.851. The van der Waals surface area contributed by atoms with E-state index in [-0.39, 0.29) is 23.8 Å². The number of nitrogens with one attached hydrogen (secondary N) is 2. The SMILES string of the molecule is CCOc1ccc(N2C(=O)NC(=O)/C(=C\c3cc(I)c(OCC(=O)Nc4ccc(C)cc4C)c(OC)c3)C2=O)cc1. The number of aryl methyl sites for hydroxylation is 2. The number of anilines is 2. The lowest BCUT2D eigenvalue weighted by atomic mass is 10.1. The van der Waals surface area contributed by atoms with E-state index < -0.39 is 17.8 Å². The third-order valence-corrected chi connectivity index (χ3v) is 6.88. The molecule has 3 aromatic rings. The summed E-state index contributed by atoms with van der Waals surface area (Å²) in [7, 11) is 1.44. The summed E-state index contributed by atoms with van der Waals surface area (Å²) in [5.74, 6) is -0.730. The standard InChI is InChI=1S/C30H28IN3O7/c1-5-40-21-9-7-20(8-10-21)34-29(37)22(28(36)33-30(34)38)13-19-14-23(31)27(25(15-19)39-4)41-16-26(35)32-24-11-6-17(2)12-18(24)3/h6-15H,5,16H2,1-4H3,(H,32,35)(H,33,36,38)/b22-13+. The van der Waals surface area contributed by atoms with Crippen molar-refractivity contribution in [3.63, 3.8) is 0 Å². The third kappa shape index (κ3) is 6.85. The quantitative estimate of drug-likeness (QED) is 0.187. The second kappa shape index (κ2) is 12.9. The topological polar surface area (TPSA) is 123 Å². The van der Waals surface area contributed by atoms with Crippen LogP contribution in [-0.4, -0.2) is 44.1 Å². The second-order valence-corrected chi connectivity index (χ2v) is 10.2. The zero-order valence-electron chi connectivity index (χ0n) is 22.9. The van der Waals surface area contributed by atoms with Gasteiger partial charge in [0.05, 0.1) is 23.0 Å². The van der Waals surface area contributed by atoms with Crippen LogP contribution in [0.25, 0.3) is 6.08 Å². The van der Waals surface area contributed by atoms with Gasteiger partial charge in [-0.25, -0.2) is 9.69 Å². The normalized spacial score (nSPS) is 14.1. The molecule has 5 amide bonds. The highest BCUT2D eigenvalue weighted by molar-refractivity contribution is 14.1. The van der Waals surface area contributed by atoms with Gasteiger partial charge in [-0.1, -0.05) is 17.7 Å². The van der Waals surface area contributed by atoms with Crippen LogP contribution >= 0.6 is 22.6 Å². The number of rotatable bonds is 9. The number of benzene rings is 3. The molecule has 11 heteroatoms. The predicted molar refractivity (Wildman–Crippen MR) is 162 cm³/mol. The molecule has 0 saturated carbocycles. The van der Waals surface area contributed by atoms with Crippen molar-refractivity contribution in [2.45, 2.75) is 20.8 Å². The Hall–Kier alpha value is -4.39. The van der Waals surface area contributed by atoms with Crippen molar-refractivity contribution in [3.05, 3.63) is 80.4 Å². The Morgan fingerprint density at radius 2 is 1.76 bits per heavy atom. The monoisotopic (exact) mass is 669 g/mol. The molecular formula is C30H28IN3O7. The first-order valence-electron chi connectivity index (χ1n) is 12.6. The molecule has 0 atom stereocenters. The molecule has 3 aromatic carbocycles. The number of amides is 5. The summed E-state index contributed by atoms with van der Waals surface area (Å²) in [5.41, 5.74) is 3.22. The van der Waals surface area contributed by atoms with Gasteiger partial charge in [0, 0.05) is 5.69 Å². The molecule has 0 spiro atoms. The zero-order valence-corrected chi connectivity index (χ0v) is 25.0. The van der Waals surface area contributed by atoms with Gasteiger partial charge in [-0.05, 0) is 103 Å². The van der Waals surface area contributed by atoms with E-state index in [9.17, 15) is 19.2 Å². The molecular weight excluding hydrogens is 641 g/mol. The van der Waals surface area contributed by atoms with Crippen molar-refractivity contribution in [1.29, 1.82) is 0 Å². The summed E-state index contributed by atoms with van der Waals surface area (Å²) in [6.45, 7) is 5.93. The fourth-order valence-corrected chi connectivity index (χ4v) is 4.94. The van der Waals surface area contributed by atoms with Crippen molar-refractivity contribution < 1.29 is 33.4 Å². The van der Waals surface area contributed by atoms with E-state index in [1.54, 1.807) is 36.4 Å².